The third kappa shape index (κ3) is 1.30. The molecule has 12 heavy (non-hydrogen) atoms. The first-order chi connectivity index (χ1) is 5.86. The highest BCUT2D eigenvalue weighted by atomic mass is 15.1. The number of pyridine rings is 1. The topological polar surface area (TPSA) is 37.3 Å². The summed E-state index contributed by atoms with van der Waals surface area (Å²) in [4.78, 5) is 8.52. The van der Waals surface area contributed by atoms with Gasteiger partial charge in [-0.15, -0.1) is 0 Å². The van der Waals surface area contributed by atoms with Crippen molar-refractivity contribution in [3.8, 4) is 0 Å². The Bertz CT molecular complexity index is 317. The van der Waals surface area contributed by atoms with Gasteiger partial charge in [0.2, 0.25) is 0 Å². The van der Waals surface area contributed by atoms with Crippen LogP contribution in [0.4, 0.5) is 0 Å². The van der Waals surface area contributed by atoms with Crippen LogP contribution < -0.4 is 5.32 Å². The first-order valence-corrected chi connectivity index (χ1v) is 4.07. The van der Waals surface area contributed by atoms with E-state index in [4.69, 9.17) is 0 Å². The molecule has 0 amide bonds. The summed E-state index contributed by atoms with van der Waals surface area (Å²) in [5, 5.41) is 3.19. The van der Waals surface area contributed by atoms with Crippen molar-refractivity contribution in [3.05, 3.63) is 29.6 Å². The molecule has 3 nitrogen and oxygen atoms in total. The summed E-state index contributed by atoms with van der Waals surface area (Å²) < 4.78 is 0. The second-order valence-electron chi connectivity index (χ2n) is 2.88. The van der Waals surface area contributed by atoms with Gasteiger partial charge in [-0.2, -0.15) is 0 Å². The van der Waals surface area contributed by atoms with Gasteiger partial charge in [-0.3, -0.25) is 9.98 Å². The Morgan fingerprint density at radius 2 is 2.42 bits per heavy atom. The molecular formula is C9H11N3. The molecule has 0 saturated heterocycles. The lowest BCUT2D eigenvalue weighted by Crippen LogP contribution is -2.20. The zero-order valence-electron chi connectivity index (χ0n) is 7.04. The first kappa shape index (κ1) is 7.28. The molecule has 1 aliphatic rings. The predicted octanol–water partition coefficient (Wildman–Crippen LogP) is 0.740. The minimum atomic E-state index is 0.866. The number of nitrogens with one attached hydrogen (secondary N) is 1. The molecular weight excluding hydrogens is 150 g/mol. The van der Waals surface area contributed by atoms with Gasteiger partial charge in [-0.05, 0) is 24.6 Å². The molecule has 1 N–H and O–H groups in total. The molecule has 0 aliphatic carbocycles. The maximum atomic E-state index is 4.29. The van der Waals surface area contributed by atoms with Crippen molar-refractivity contribution in [2.75, 3.05) is 13.1 Å². The van der Waals surface area contributed by atoms with Crippen LogP contribution in [0.5, 0.6) is 0 Å². The van der Waals surface area contributed by atoms with Crippen molar-refractivity contribution in [2.45, 2.75) is 6.92 Å². The van der Waals surface area contributed by atoms with Gasteiger partial charge in [0.05, 0.1) is 6.54 Å². The normalized spacial score (nSPS) is 15.6. The van der Waals surface area contributed by atoms with Gasteiger partial charge in [0.25, 0.3) is 0 Å². The van der Waals surface area contributed by atoms with Crippen molar-refractivity contribution in [1.29, 1.82) is 0 Å². The summed E-state index contributed by atoms with van der Waals surface area (Å²) in [7, 11) is 0. The molecule has 0 unspecified atom stereocenters. The number of aromatic nitrogens is 1. The lowest BCUT2D eigenvalue weighted by molar-refractivity contribution is 0.958. The third-order valence-electron chi connectivity index (χ3n) is 1.83. The summed E-state index contributed by atoms with van der Waals surface area (Å²) in [6, 6.07) is 4.02. The van der Waals surface area contributed by atoms with Gasteiger partial charge in [-0.1, -0.05) is 0 Å². The van der Waals surface area contributed by atoms with Crippen molar-refractivity contribution in [3.63, 3.8) is 0 Å². The average molecular weight is 161 g/mol. The Hall–Kier alpha value is -1.38. The van der Waals surface area contributed by atoms with E-state index in [-0.39, 0.29) is 0 Å². The maximum absolute atomic E-state index is 4.29. The van der Waals surface area contributed by atoms with Crippen LogP contribution in [-0.2, 0) is 0 Å². The second-order valence-corrected chi connectivity index (χ2v) is 2.88. The Kier molecular flexibility index (Phi) is 1.78. The lowest BCUT2D eigenvalue weighted by atomic mass is 10.2. The van der Waals surface area contributed by atoms with Gasteiger partial charge < -0.3 is 5.32 Å². The van der Waals surface area contributed by atoms with Gasteiger partial charge in [0.15, 0.2) is 0 Å². The van der Waals surface area contributed by atoms with Crippen LogP contribution in [-0.4, -0.2) is 23.9 Å². The van der Waals surface area contributed by atoms with Crippen LogP contribution in [0.2, 0.25) is 0 Å². The zero-order chi connectivity index (χ0) is 8.39. The number of hydrogen-bond donors (Lipinski definition) is 1. The fraction of sp³-hybridized carbons (Fsp3) is 0.333. The fourth-order valence-electron chi connectivity index (χ4n) is 1.24. The van der Waals surface area contributed by atoms with E-state index in [1.165, 1.54) is 5.56 Å². The summed E-state index contributed by atoms with van der Waals surface area (Å²) in [6.07, 6.45) is 1.81. The molecule has 0 bridgehead atoms. The molecule has 0 radical (unpaired) electrons. The quantitative estimate of drug-likeness (QED) is 0.659. The van der Waals surface area contributed by atoms with E-state index in [2.05, 4.69) is 22.2 Å². The predicted molar refractivity (Wildman–Crippen MR) is 48.4 cm³/mol. The molecule has 1 aliphatic heterocycles. The van der Waals surface area contributed by atoms with Crippen molar-refractivity contribution < 1.29 is 0 Å². The molecule has 0 fully saturated rings. The molecule has 0 spiro atoms. The van der Waals surface area contributed by atoms with Crippen LogP contribution in [0.3, 0.4) is 0 Å². The largest absolute Gasteiger partial charge is 0.367 e. The van der Waals surface area contributed by atoms with E-state index in [0.717, 1.165) is 24.6 Å². The second kappa shape index (κ2) is 2.93. The number of nitrogens with zero attached hydrogens (tertiary/aromatic N) is 2. The van der Waals surface area contributed by atoms with Crippen LogP contribution in [0.1, 0.15) is 11.3 Å². The fourth-order valence-corrected chi connectivity index (χ4v) is 1.24. The van der Waals surface area contributed by atoms with Crippen molar-refractivity contribution >= 4 is 5.84 Å². The van der Waals surface area contributed by atoms with Crippen molar-refractivity contribution in [1.82, 2.24) is 10.3 Å². The van der Waals surface area contributed by atoms with Crippen LogP contribution in [0.15, 0.2) is 23.3 Å². The van der Waals surface area contributed by atoms with E-state index in [1.54, 1.807) is 0 Å². The van der Waals surface area contributed by atoms with Gasteiger partial charge in [-0.25, -0.2) is 0 Å². The Morgan fingerprint density at radius 1 is 1.50 bits per heavy atom. The molecule has 1 aromatic heterocycles. The molecule has 1 aromatic rings. The van der Waals surface area contributed by atoms with Gasteiger partial charge in [0.1, 0.15) is 11.5 Å². The highest BCUT2D eigenvalue weighted by Gasteiger charge is 2.08. The maximum Gasteiger partial charge on any atom is 0.147 e. The third-order valence-corrected chi connectivity index (χ3v) is 1.83. The number of rotatable bonds is 1. The lowest BCUT2D eigenvalue weighted by Gasteiger charge is -2.00. The Morgan fingerprint density at radius 3 is 3.08 bits per heavy atom. The standard InChI is InChI=1S/C9H11N3/c1-7-2-3-10-8(6-7)9-11-4-5-12-9/h2-3,6H,4-5H2,1H3,(H,11,12). The van der Waals surface area contributed by atoms with Gasteiger partial charge >= 0.3 is 0 Å². The Balaban J connectivity index is 2.33. The first-order valence-electron chi connectivity index (χ1n) is 4.07. The van der Waals surface area contributed by atoms with Gasteiger partial charge in [0, 0.05) is 12.7 Å². The number of hydrogen-bond acceptors (Lipinski definition) is 3. The SMILES string of the molecule is Cc1ccnc(C2=NCCN2)c1. The molecule has 0 saturated carbocycles. The highest BCUT2D eigenvalue weighted by molar-refractivity contribution is 5.98. The number of aryl methyl sites for hydroxylation is 1. The molecule has 0 atom stereocenters. The van der Waals surface area contributed by atoms with Crippen LogP contribution in [0.25, 0.3) is 0 Å². The van der Waals surface area contributed by atoms with E-state index in [9.17, 15) is 0 Å². The number of amidine groups is 1. The summed E-state index contributed by atoms with van der Waals surface area (Å²) in [5.74, 6) is 0.929. The molecule has 2 heterocycles. The molecule has 2 rings (SSSR count). The molecule has 3 heteroatoms. The monoisotopic (exact) mass is 161 g/mol. The van der Waals surface area contributed by atoms with E-state index < -0.39 is 0 Å². The Labute approximate surface area is 71.6 Å². The minimum Gasteiger partial charge on any atom is -0.367 e. The molecule has 0 aromatic carbocycles. The van der Waals surface area contributed by atoms with E-state index in [1.807, 2.05) is 18.3 Å². The average Bonchev–Trinajstić information content (AvgIpc) is 2.56. The van der Waals surface area contributed by atoms with Crippen molar-refractivity contribution in [2.24, 2.45) is 4.99 Å². The minimum absolute atomic E-state index is 0.866. The highest BCUT2D eigenvalue weighted by Crippen LogP contribution is 2.02. The number of aliphatic imine (C=N–C) groups is 1. The smallest absolute Gasteiger partial charge is 0.147 e. The summed E-state index contributed by atoms with van der Waals surface area (Å²) in [5.41, 5.74) is 2.17. The summed E-state index contributed by atoms with van der Waals surface area (Å²) in [6.45, 7) is 3.86. The van der Waals surface area contributed by atoms with Crippen LogP contribution >= 0.6 is 0 Å². The van der Waals surface area contributed by atoms with Crippen LogP contribution in [0, 0.1) is 6.92 Å². The molecule has 62 valence electrons. The van der Waals surface area contributed by atoms with E-state index in [0.29, 0.717) is 0 Å². The zero-order valence-corrected chi connectivity index (χ0v) is 7.04. The summed E-state index contributed by atoms with van der Waals surface area (Å²) >= 11 is 0. The van der Waals surface area contributed by atoms with E-state index >= 15 is 0 Å².